The largest absolute Gasteiger partial charge is 0.370 e. The third kappa shape index (κ3) is 8.12. The molecule has 0 fully saturated rings. The highest BCUT2D eigenvalue weighted by Gasteiger charge is 2.01. The molecule has 6 heteroatoms. The summed E-state index contributed by atoms with van der Waals surface area (Å²) in [7, 11) is 0. The molecule has 24 heavy (non-hydrogen) atoms. The predicted molar refractivity (Wildman–Crippen MR) is 102 cm³/mol. The lowest BCUT2D eigenvalue weighted by molar-refractivity contribution is 0.950. The van der Waals surface area contributed by atoms with Gasteiger partial charge < -0.3 is 11.1 Å². The number of anilines is 1. The molecule has 1 heterocycles. The lowest BCUT2D eigenvalue weighted by Crippen LogP contribution is -2.24. The van der Waals surface area contributed by atoms with Crippen LogP contribution in [-0.4, -0.2) is 22.5 Å². The molecule has 4 N–H and O–H groups in total. The van der Waals surface area contributed by atoms with Crippen LogP contribution in [0.1, 0.15) is 38.1 Å². The Morgan fingerprint density at radius 3 is 2.62 bits per heavy atom. The normalized spacial score (nSPS) is 13.0. The second-order valence-corrected chi connectivity index (χ2v) is 5.31. The minimum absolute atomic E-state index is 0.320. The van der Waals surface area contributed by atoms with Crippen LogP contribution in [-0.2, 0) is 0 Å². The van der Waals surface area contributed by atoms with Gasteiger partial charge in [0.2, 0.25) is 5.95 Å². The van der Waals surface area contributed by atoms with Crippen LogP contribution in [0.4, 0.5) is 5.95 Å². The van der Waals surface area contributed by atoms with Crippen molar-refractivity contribution < 1.29 is 0 Å². The van der Waals surface area contributed by atoms with Crippen molar-refractivity contribution in [1.29, 1.82) is 0 Å². The molecule has 0 bridgehead atoms. The van der Waals surface area contributed by atoms with Gasteiger partial charge in [-0.25, -0.2) is 9.97 Å². The van der Waals surface area contributed by atoms with E-state index in [0.717, 1.165) is 29.8 Å². The Hall–Kier alpha value is -2.63. The molecule has 0 aliphatic carbocycles. The number of aryl methyl sites for hydroxylation is 2. The third-order valence-corrected chi connectivity index (χ3v) is 3.00. The Balaban J connectivity index is 2.61. The molecule has 0 saturated heterocycles. The van der Waals surface area contributed by atoms with Gasteiger partial charge in [0, 0.05) is 24.1 Å². The topological polar surface area (TPSA) is 88.2 Å². The molecule has 0 saturated carbocycles. The lowest BCUT2D eigenvalue weighted by atomic mass is 10.2. The summed E-state index contributed by atoms with van der Waals surface area (Å²) in [6, 6.07) is 1.91. The number of aromatic nitrogens is 2. The number of rotatable bonds is 8. The van der Waals surface area contributed by atoms with Gasteiger partial charge in [0.25, 0.3) is 0 Å². The number of nitrogens with two attached hydrogens (primary N) is 1. The van der Waals surface area contributed by atoms with E-state index < -0.39 is 0 Å². The Morgan fingerprint density at radius 2 is 2.00 bits per heavy atom. The van der Waals surface area contributed by atoms with Crippen molar-refractivity contribution in [2.75, 3.05) is 11.9 Å². The maximum atomic E-state index is 5.91. The van der Waals surface area contributed by atoms with Gasteiger partial charge in [-0.3, -0.25) is 10.3 Å². The van der Waals surface area contributed by atoms with Crippen molar-refractivity contribution in [2.24, 2.45) is 10.7 Å². The molecule has 0 amide bonds. The third-order valence-electron chi connectivity index (χ3n) is 3.00. The Labute approximate surface area is 144 Å². The zero-order valence-corrected chi connectivity index (χ0v) is 15.0. The highest BCUT2D eigenvalue weighted by atomic mass is 15.2. The van der Waals surface area contributed by atoms with Crippen molar-refractivity contribution >= 4 is 11.9 Å². The molecule has 0 aromatic carbocycles. The van der Waals surface area contributed by atoms with Gasteiger partial charge in [0.1, 0.15) is 0 Å². The van der Waals surface area contributed by atoms with Gasteiger partial charge in [0.15, 0.2) is 5.96 Å². The van der Waals surface area contributed by atoms with Crippen molar-refractivity contribution in [2.45, 2.75) is 40.5 Å². The summed E-state index contributed by atoms with van der Waals surface area (Å²) >= 11 is 0. The summed E-state index contributed by atoms with van der Waals surface area (Å²) in [6.07, 6.45) is 11.8. The highest BCUT2D eigenvalue weighted by Crippen LogP contribution is 2.05. The van der Waals surface area contributed by atoms with E-state index in [1.807, 2.05) is 45.3 Å². The monoisotopic (exact) mass is 328 g/mol. The number of guanidine groups is 1. The van der Waals surface area contributed by atoms with E-state index in [1.54, 1.807) is 0 Å². The van der Waals surface area contributed by atoms with E-state index in [4.69, 9.17) is 5.73 Å². The summed E-state index contributed by atoms with van der Waals surface area (Å²) < 4.78 is 0. The van der Waals surface area contributed by atoms with Gasteiger partial charge >= 0.3 is 0 Å². The highest BCUT2D eigenvalue weighted by molar-refractivity contribution is 5.90. The average Bonchev–Trinajstić information content (AvgIpc) is 2.51. The van der Waals surface area contributed by atoms with Crippen LogP contribution in [0.15, 0.2) is 47.3 Å². The predicted octanol–water partition coefficient (Wildman–Crippen LogP) is 3.18. The first-order chi connectivity index (χ1) is 11.5. The molecule has 6 nitrogen and oxygen atoms in total. The van der Waals surface area contributed by atoms with Gasteiger partial charge in [-0.1, -0.05) is 25.2 Å². The van der Waals surface area contributed by atoms with Crippen LogP contribution in [0.2, 0.25) is 0 Å². The average molecular weight is 328 g/mol. The fourth-order valence-electron chi connectivity index (χ4n) is 1.97. The Kier molecular flexibility index (Phi) is 8.89. The van der Waals surface area contributed by atoms with E-state index in [0.29, 0.717) is 18.5 Å². The number of nitrogens with one attached hydrogen (secondary N) is 2. The van der Waals surface area contributed by atoms with Crippen LogP contribution in [0.5, 0.6) is 0 Å². The molecular weight excluding hydrogens is 300 g/mol. The first-order valence-corrected chi connectivity index (χ1v) is 8.17. The summed E-state index contributed by atoms with van der Waals surface area (Å²) in [5, 5.41) is 6.06. The maximum absolute atomic E-state index is 5.91. The number of nitrogens with zero attached hydrogens (tertiary/aromatic N) is 3. The summed E-state index contributed by atoms with van der Waals surface area (Å²) in [4.78, 5) is 12.9. The minimum atomic E-state index is 0.320. The van der Waals surface area contributed by atoms with Crippen molar-refractivity contribution in [3.8, 4) is 0 Å². The quantitative estimate of drug-likeness (QED) is 0.387. The molecule has 0 unspecified atom stereocenters. The van der Waals surface area contributed by atoms with E-state index >= 15 is 0 Å². The lowest BCUT2D eigenvalue weighted by Gasteiger charge is -2.06. The fraction of sp³-hybridized carbons (Fsp3) is 0.389. The number of aliphatic imine (C=N–C) groups is 1. The van der Waals surface area contributed by atoms with E-state index in [1.165, 1.54) is 0 Å². The van der Waals surface area contributed by atoms with Crippen LogP contribution >= 0.6 is 0 Å². The molecule has 1 aromatic heterocycles. The van der Waals surface area contributed by atoms with E-state index in [2.05, 4.69) is 44.7 Å². The number of hydrogen-bond acceptors (Lipinski definition) is 4. The fourth-order valence-corrected chi connectivity index (χ4v) is 1.97. The second kappa shape index (κ2) is 11.0. The standard InChI is InChI=1S/C18H28N6/c1-5-7-8-16(13-20-10-6-2)9-11-21-17(19)24-18-22-14(3)12-15(4)23-18/h6-8,10,12-13,20H,5,9,11H2,1-4H3,(H3,19,21,22,23,24)/b8-7+,10-6+,16-13+. The van der Waals surface area contributed by atoms with Crippen LogP contribution in [0, 0.1) is 13.8 Å². The number of allylic oxidation sites excluding steroid dienone is 3. The summed E-state index contributed by atoms with van der Waals surface area (Å²) in [6.45, 7) is 8.50. The van der Waals surface area contributed by atoms with Crippen molar-refractivity contribution in [3.05, 3.63) is 53.7 Å². The summed E-state index contributed by atoms with van der Waals surface area (Å²) in [5.74, 6) is 0.797. The smallest absolute Gasteiger partial charge is 0.229 e. The number of hydrogen-bond donors (Lipinski definition) is 3. The van der Waals surface area contributed by atoms with Gasteiger partial charge in [-0.15, -0.1) is 0 Å². The van der Waals surface area contributed by atoms with Crippen molar-refractivity contribution in [1.82, 2.24) is 15.3 Å². The van der Waals surface area contributed by atoms with Crippen LogP contribution in [0.3, 0.4) is 0 Å². The van der Waals surface area contributed by atoms with Gasteiger partial charge in [-0.05, 0) is 51.5 Å². The van der Waals surface area contributed by atoms with Crippen molar-refractivity contribution in [3.63, 3.8) is 0 Å². The zero-order valence-electron chi connectivity index (χ0n) is 15.0. The second-order valence-electron chi connectivity index (χ2n) is 5.31. The first-order valence-electron chi connectivity index (χ1n) is 8.17. The molecule has 0 spiro atoms. The molecular formula is C18H28N6. The van der Waals surface area contributed by atoms with E-state index in [-0.39, 0.29) is 0 Å². The SMILES string of the molecule is C/C=C/N/C=C(\C=C\CC)CCN=C(N)Nc1nc(C)cc(C)n1. The maximum Gasteiger partial charge on any atom is 0.229 e. The molecule has 0 aliphatic rings. The molecule has 1 aromatic rings. The molecule has 130 valence electrons. The zero-order chi connectivity index (χ0) is 17.8. The van der Waals surface area contributed by atoms with Crippen LogP contribution < -0.4 is 16.4 Å². The van der Waals surface area contributed by atoms with E-state index in [9.17, 15) is 0 Å². The van der Waals surface area contributed by atoms with Gasteiger partial charge in [0.05, 0.1) is 0 Å². The molecule has 1 rings (SSSR count). The Morgan fingerprint density at radius 1 is 1.29 bits per heavy atom. The minimum Gasteiger partial charge on any atom is -0.370 e. The van der Waals surface area contributed by atoms with Gasteiger partial charge in [-0.2, -0.15) is 0 Å². The Bertz CT molecular complexity index is 608. The molecule has 0 radical (unpaired) electrons. The molecule has 0 atom stereocenters. The first kappa shape index (κ1) is 19.4. The van der Waals surface area contributed by atoms with Crippen LogP contribution in [0.25, 0.3) is 0 Å². The molecule has 0 aliphatic heterocycles. The summed E-state index contributed by atoms with van der Waals surface area (Å²) in [5.41, 5.74) is 8.85.